The van der Waals surface area contributed by atoms with Crippen LogP contribution in [0.4, 0.5) is 8.78 Å². The Bertz CT molecular complexity index is 939. The molecule has 1 heterocycles. The second-order valence-corrected chi connectivity index (χ2v) is 6.94. The fourth-order valence-electron chi connectivity index (χ4n) is 3.00. The zero-order valence-corrected chi connectivity index (χ0v) is 15.8. The summed E-state index contributed by atoms with van der Waals surface area (Å²) in [6.07, 6.45) is 1.86. The van der Waals surface area contributed by atoms with Crippen LogP contribution >= 0.6 is 0 Å². The van der Waals surface area contributed by atoms with Crippen molar-refractivity contribution in [1.82, 2.24) is 10.3 Å². The summed E-state index contributed by atoms with van der Waals surface area (Å²) >= 11 is 0. The molecule has 1 atom stereocenters. The average Bonchev–Trinajstić information content (AvgIpc) is 3.13. The molecule has 0 aliphatic carbocycles. The Morgan fingerprint density at radius 3 is 2.57 bits per heavy atom. The van der Waals surface area contributed by atoms with Crippen molar-refractivity contribution in [1.29, 1.82) is 0 Å². The molecule has 3 rings (SSSR count). The van der Waals surface area contributed by atoms with Gasteiger partial charge in [-0.25, -0.2) is 13.8 Å². The number of rotatable bonds is 7. The Labute approximate surface area is 162 Å². The third kappa shape index (κ3) is 4.82. The van der Waals surface area contributed by atoms with Crippen LogP contribution in [0.3, 0.4) is 0 Å². The lowest BCUT2D eigenvalue weighted by Gasteiger charge is -2.22. The maximum absolute atomic E-state index is 13.8. The number of aryl methyl sites for hydroxylation is 1. The Hall–Kier alpha value is -3.02. The first-order valence-corrected chi connectivity index (χ1v) is 9.18. The lowest BCUT2D eigenvalue weighted by molar-refractivity contribution is -0.122. The van der Waals surface area contributed by atoms with E-state index >= 15 is 0 Å². The van der Waals surface area contributed by atoms with E-state index in [0.717, 1.165) is 17.7 Å². The van der Waals surface area contributed by atoms with Gasteiger partial charge in [-0.2, -0.15) is 0 Å². The Kier molecular flexibility index (Phi) is 6.19. The number of oxazole rings is 1. The molecule has 0 bridgehead atoms. The van der Waals surface area contributed by atoms with Gasteiger partial charge >= 0.3 is 0 Å². The van der Waals surface area contributed by atoms with Crippen LogP contribution in [-0.4, -0.2) is 10.9 Å². The Balaban J connectivity index is 1.61. The maximum Gasteiger partial charge on any atom is 0.221 e. The van der Waals surface area contributed by atoms with Crippen LogP contribution in [0.25, 0.3) is 11.3 Å². The van der Waals surface area contributed by atoms with Crippen LogP contribution in [0.1, 0.15) is 37.8 Å². The Morgan fingerprint density at radius 1 is 1.14 bits per heavy atom. The molecule has 1 N–H and O–H groups in total. The van der Waals surface area contributed by atoms with Crippen LogP contribution in [0.5, 0.6) is 0 Å². The summed E-state index contributed by atoms with van der Waals surface area (Å²) in [5, 5.41) is 3.05. The van der Waals surface area contributed by atoms with E-state index in [2.05, 4.69) is 24.1 Å². The van der Waals surface area contributed by atoms with Crippen molar-refractivity contribution >= 4 is 5.91 Å². The van der Waals surface area contributed by atoms with Gasteiger partial charge in [-0.1, -0.05) is 44.2 Å². The summed E-state index contributed by atoms with van der Waals surface area (Å²) in [6.45, 7) is 4.10. The van der Waals surface area contributed by atoms with Gasteiger partial charge in [0.2, 0.25) is 5.91 Å². The first kappa shape index (κ1) is 19.7. The normalized spacial score (nSPS) is 12.2. The molecule has 28 heavy (non-hydrogen) atoms. The fraction of sp³-hybridized carbons (Fsp3) is 0.273. The smallest absolute Gasteiger partial charge is 0.221 e. The zero-order valence-electron chi connectivity index (χ0n) is 15.8. The summed E-state index contributed by atoms with van der Waals surface area (Å²) in [7, 11) is 0. The lowest BCUT2D eigenvalue weighted by atomic mass is 9.96. The van der Waals surface area contributed by atoms with Gasteiger partial charge in [0.15, 0.2) is 11.7 Å². The predicted molar refractivity (Wildman–Crippen MR) is 102 cm³/mol. The van der Waals surface area contributed by atoms with E-state index in [1.807, 2.05) is 30.3 Å². The fourth-order valence-corrected chi connectivity index (χ4v) is 3.00. The van der Waals surface area contributed by atoms with E-state index < -0.39 is 11.6 Å². The highest BCUT2D eigenvalue weighted by atomic mass is 19.1. The number of nitrogens with one attached hydrogen (secondary N) is 1. The number of carbonyl (C=O) groups is 1. The zero-order chi connectivity index (χ0) is 20.1. The Morgan fingerprint density at radius 2 is 1.89 bits per heavy atom. The van der Waals surface area contributed by atoms with E-state index in [-0.39, 0.29) is 42.0 Å². The molecule has 146 valence electrons. The third-order valence-corrected chi connectivity index (χ3v) is 4.46. The highest BCUT2D eigenvalue weighted by Gasteiger charge is 2.19. The van der Waals surface area contributed by atoms with Crippen LogP contribution in [0.2, 0.25) is 0 Å². The molecular formula is C22H22F2N2O2. The SMILES string of the molecule is CC(C)C(NC(=O)CCc1ncc(-c2ccc(F)cc2F)o1)c1ccccc1. The van der Waals surface area contributed by atoms with Crippen LogP contribution in [-0.2, 0) is 11.2 Å². The van der Waals surface area contributed by atoms with Gasteiger partial charge in [0.1, 0.15) is 11.6 Å². The molecule has 0 saturated heterocycles. The molecule has 0 saturated carbocycles. The average molecular weight is 384 g/mol. The highest BCUT2D eigenvalue weighted by Crippen LogP contribution is 2.25. The number of amides is 1. The molecule has 1 aromatic heterocycles. The third-order valence-electron chi connectivity index (χ3n) is 4.46. The van der Waals surface area contributed by atoms with Crippen LogP contribution < -0.4 is 5.32 Å². The maximum atomic E-state index is 13.8. The van der Waals surface area contributed by atoms with Gasteiger partial charge in [0.05, 0.1) is 17.8 Å². The lowest BCUT2D eigenvalue weighted by Crippen LogP contribution is -2.31. The number of halogens is 2. The van der Waals surface area contributed by atoms with Gasteiger partial charge in [-0.05, 0) is 23.6 Å². The molecule has 3 aromatic rings. The molecule has 6 heteroatoms. The largest absolute Gasteiger partial charge is 0.441 e. The van der Waals surface area contributed by atoms with Gasteiger partial charge < -0.3 is 9.73 Å². The quantitative estimate of drug-likeness (QED) is 0.619. The molecule has 0 spiro atoms. The second-order valence-electron chi connectivity index (χ2n) is 6.94. The monoisotopic (exact) mass is 384 g/mol. The molecule has 2 aromatic carbocycles. The van der Waals surface area contributed by atoms with Crippen molar-refractivity contribution in [2.75, 3.05) is 0 Å². The number of hydrogen-bond acceptors (Lipinski definition) is 3. The van der Waals surface area contributed by atoms with Gasteiger partial charge in [0.25, 0.3) is 0 Å². The molecule has 1 amide bonds. The van der Waals surface area contributed by atoms with Crippen LogP contribution in [0, 0.1) is 17.6 Å². The second kappa shape index (κ2) is 8.78. The number of carbonyl (C=O) groups excluding carboxylic acids is 1. The van der Waals surface area contributed by atoms with E-state index in [9.17, 15) is 13.6 Å². The number of aromatic nitrogens is 1. The summed E-state index contributed by atoms with van der Waals surface area (Å²) in [5.74, 6) is -0.720. The molecule has 0 aliphatic rings. The molecule has 0 fully saturated rings. The number of benzene rings is 2. The molecule has 4 nitrogen and oxygen atoms in total. The first-order chi connectivity index (χ1) is 13.4. The standard InChI is InChI=1S/C22H22F2N2O2/c1-14(2)22(15-6-4-3-5-7-15)26-20(27)10-11-21-25-13-19(28-21)17-9-8-16(23)12-18(17)24/h3-9,12-14,22H,10-11H2,1-2H3,(H,26,27). The predicted octanol–water partition coefficient (Wildman–Crippen LogP) is 5.07. The summed E-state index contributed by atoms with van der Waals surface area (Å²) in [5.41, 5.74) is 1.18. The van der Waals surface area contributed by atoms with Crippen molar-refractivity contribution in [2.45, 2.75) is 32.7 Å². The van der Waals surface area contributed by atoms with E-state index in [4.69, 9.17) is 4.42 Å². The number of hydrogen-bond donors (Lipinski definition) is 1. The van der Waals surface area contributed by atoms with Gasteiger partial charge in [-0.15, -0.1) is 0 Å². The summed E-state index contributed by atoms with van der Waals surface area (Å²) in [4.78, 5) is 16.5. The van der Waals surface area contributed by atoms with Crippen LogP contribution in [0.15, 0.2) is 59.1 Å². The van der Waals surface area contributed by atoms with E-state index in [0.29, 0.717) is 5.89 Å². The molecule has 1 unspecified atom stereocenters. The van der Waals surface area contributed by atoms with E-state index in [1.165, 1.54) is 12.3 Å². The first-order valence-electron chi connectivity index (χ1n) is 9.18. The minimum absolute atomic E-state index is 0.0814. The van der Waals surface area contributed by atoms with Gasteiger partial charge in [0, 0.05) is 18.9 Å². The van der Waals surface area contributed by atoms with Crippen molar-refractivity contribution in [3.63, 3.8) is 0 Å². The minimum atomic E-state index is -0.719. The van der Waals surface area contributed by atoms with Crippen molar-refractivity contribution < 1.29 is 18.0 Å². The van der Waals surface area contributed by atoms with Gasteiger partial charge in [-0.3, -0.25) is 4.79 Å². The molecular weight excluding hydrogens is 362 g/mol. The number of nitrogens with zero attached hydrogens (tertiary/aromatic N) is 1. The molecule has 0 aliphatic heterocycles. The van der Waals surface area contributed by atoms with Crippen molar-refractivity contribution in [3.8, 4) is 11.3 Å². The summed E-state index contributed by atoms with van der Waals surface area (Å²) in [6, 6.07) is 13.0. The summed E-state index contributed by atoms with van der Waals surface area (Å²) < 4.78 is 32.4. The minimum Gasteiger partial charge on any atom is -0.441 e. The highest BCUT2D eigenvalue weighted by molar-refractivity contribution is 5.76. The topological polar surface area (TPSA) is 55.1 Å². The molecule has 0 radical (unpaired) electrons. The van der Waals surface area contributed by atoms with Crippen molar-refractivity contribution in [3.05, 3.63) is 77.8 Å². The van der Waals surface area contributed by atoms with Crippen molar-refractivity contribution in [2.24, 2.45) is 5.92 Å². The van der Waals surface area contributed by atoms with E-state index in [1.54, 1.807) is 0 Å².